The van der Waals surface area contributed by atoms with Gasteiger partial charge in [0.15, 0.2) is 0 Å². The number of ether oxygens (including phenoxy) is 2. The van der Waals surface area contributed by atoms with E-state index >= 15 is 0 Å². The average molecular weight is 280 g/mol. The van der Waals surface area contributed by atoms with Gasteiger partial charge < -0.3 is 9.47 Å². The first-order chi connectivity index (χ1) is 9.36. The van der Waals surface area contributed by atoms with E-state index in [1.54, 1.807) is 0 Å². The molecular weight excluding hydrogens is 256 g/mol. The average Bonchev–Trinajstić information content (AvgIpc) is 2.98. The van der Waals surface area contributed by atoms with Gasteiger partial charge in [0.05, 0.1) is 17.9 Å². The van der Waals surface area contributed by atoms with Crippen molar-refractivity contribution in [2.75, 3.05) is 6.61 Å². The van der Waals surface area contributed by atoms with Crippen molar-refractivity contribution in [3.8, 4) is 0 Å². The van der Waals surface area contributed by atoms with Crippen molar-refractivity contribution in [3.05, 3.63) is 0 Å². The molecule has 0 aromatic heterocycles. The van der Waals surface area contributed by atoms with E-state index in [1.807, 2.05) is 20.8 Å². The van der Waals surface area contributed by atoms with Crippen molar-refractivity contribution >= 4 is 11.9 Å². The third-order valence-corrected chi connectivity index (χ3v) is 6.01. The van der Waals surface area contributed by atoms with Crippen LogP contribution in [0.2, 0.25) is 0 Å². The normalized spacial score (nSPS) is 41.9. The summed E-state index contributed by atoms with van der Waals surface area (Å²) >= 11 is 0. The zero-order chi connectivity index (χ0) is 14.7. The largest absolute Gasteiger partial charge is 0.465 e. The van der Waals surface area contributed by atoms with Gasteiger partial charge in [0.25, 0.3) is 0 Å². The summed E-state index contributed by atoms with van der Waals surface area (Å²) < 4.78 is 11.1. The molecule has 1 aliphatic heterocycles. The van der Waals surface area contributed by atoms with E-state index in [9.17, 15) is 9.59 Å². The van der Waals surface area contributed by atoms with Gasteiger partial charge in [-0.3, -0.25) is 9.59 Å². The molecular formula is C16H24O4. The van der Waals surface area contributed by atoms with Crippen LogP contribution < -0.4 is 0 Å². The summed E-state index contributed by atoms with van der Waals surface area (Å²) in [7, 11) is 0. The van der Waals surface area contributed by atoms with Gasteiger partial charge in [0.1, 0.15) is 6.10 Å². The number of hydrogen-bond donors (Lipinski definition) is 0. The molecule has 0 N–H and O–H groups in total. The molecule has 0 amide bonds. The Kier molecular flexibility index (Phi) is 3.11. The van der Waals surface area contributed by atoms with E-state index in [1.165, 1.54) is 0 Å². The van der Waals surface area contributed by atoms with Crippen molar-refractivity contribution < 1.29 is 19.1 Å². The molecule has 3 aliphatic rings. The molecule has 6 unspecified atom stereocenters. The fourth-order valence-electron chi connectivity index (χ4n) is 4.30. The number of carbonyl (C=O) groups is 2. The summed E-state index contributed by atoms with van der Waals surface area (Å²) in [5, 5.41) is 0. The van der Waals surface area contributed by atoms with Crippen molar-refractivity contribution in [2.24, 2.45) is 35.0 Å². The highest BCUT2D eigenvalue weighted by Crippen LogP contribution is 2.60. The quantitative estimate of drug-likeness (QED) is 0.742. The lowest BCUT2D eigenvalue weighted by Crippen LogP contribution is -2.37. The minimum absolute atomic E-state index is 0.00811. The first-order valence-corrected chi connectivity index (χ1v) is 7.74. The molecule has 6 atom stereocenters. The van der Waals surface area contributed by atoms with E-state index in [0.29, 0.717) is 24.4 Å². The minimum atomic E-state index is -0.432. The standard InChI is InChI=1S/C16H24O4/c1-5-16(3,4)15(18)19-7-11-9-6-10-12(8(9)2)14(17)20-13(10)11/h8-13H,5-7H2,1-4H3. The van der Waals surface area contributed by atoms with Gasteiger partial charge in [-0.15, -0.1) is 0 Å². The molecule has 2 saturated carbocycles. The number of carbonyl (C=O) groups excluding carboxylic acids is 2. The van der Waals surface area contributed by atoms with Gasteiger partial charge in [0.2, 0.25) is 0 Å². The lowest BCUT2D eigenvalue weighted by molar-refractivity contribution is -0.158. The van der Waals surface area contributed by atoms with Crippen molar-refractivity contribution in [1.82, 2.24) is 0 Å². The second-order valence-corrected chi connectivity index (χ2v) is 7.35. The van der Waals surface area contributed by atoms with Gasteiger partial charge in [-0.25, -0.2) is 0 Å². The monoisotopic (exact) mass is 280 g/mol. The Labute approximate surface area is 120 Å². The van der Waals surface area contributed by atoms with E-state index in [-0.39, 0.29) is 29.9 Å². The topological polar surface area (TPSA) is 52.6 Å². The third kappa shape index (κ3) is 1.80. The molecule has 1 saturated heterocycles. The molecule has 0 spiro atoms. The summed E-state index contributed by atoms with van der Waals surface area (Å²) in [6.45, 7) is 8.35. The molecule has 112 valence electrons. The highest BCUT2D eigenvalue weighted by Gasteiger charge is 2.65. The van der Waals surface area contributed by atoms with E-state index in [0.717, 1.165) is 12.8 Å². The maximum Gasteiger partial charge on any atom is 0.311 e. The van der Waals surface area contributed by atoms with E-state index < -0.39 is 5.41 Å². The molecule has 3 fully saturated rings. The molecule has 2 bridgehead atoms. The summed E-state index contributed by atoms with van der Waals surface area (Å²) in [4.78, 5) is 23.9. The molecule has 20 heavy (non-hydrogen) atoms. The lowest BCUT2D eigenvalue weighted by atomic mass is 9.75. The summed E-state index contributed by atoms with van der Waals surface area (Å²) in [6.07, 6.45) is 1.81. The maximum atomic E-state index is 12.1. The SMILES string of the molecule is CCC(C)(C)C(=O)OCC1C2CC3C1OC(=O)C3C2C. The van der Waals surface area contributed by atoms with Crippen molar-refractivity contribution in [2.45, 2.75) is 46.6 Å². The second-order valence-electron chi connectivity index (χ2n) is 7.35. The van der Waals surface area contributed by atoms with Crippen molar-refractivity contribution in [3.63, 3.8) is 0 Å². The third-order valence-electron chi connectivity index (χ3n) is 6.01. The predicted octanol–water partition coefficient (Wildman–Crippen LogP) is 2.41. The highest BCUT2D eigenvalue weighted by atomic mass is 16.6. The zero-order valence-corrected chi connectivity index (χ0v) is 12.7. The molecule has 2 aliphatic carbocycles. The van der Waals surface area contributed by atoms with Crippen LogP contribution in [0.25, 0.3) is 0 Å². The van der Waals surface area contributed by atoms with Gasteiger partial charge in [-0.2, -0.15) is 0 Å². The number of rotatable bonds is 4. The smallest absolute Gasteiger partial charge is 0.311 e. The van der Waals surface area contributed by atoms with Crippen LogP contribution in [0, 0.1) is 35.0 Å². The van der Waals surface area contributed by atoms with Crippen LogP contribution in [0.5, 0.6) is 0 Å². The molecule has 1 heterocycles. The molecule has 0 radical (unpaired) electrons. The van der Waals surface area contributed by atoms with Gasteiger partial charge in [-0.1, -0.05) is 13.8 Å². The minimum Gasteiger partial charge on any atom is -0.465 e. The Morgan fingerprint density at radius 3 is 2.75 bits per heavy atom. The zero-order valence-electron chi connectivity index (χ0n) is 12.7. The number of esters is 2. The van der Waals surface area contributed by atoms with Gasteiger partial charge >= 0.3 is 11.9 Å². The summed E-state index contributed by atoms with van der Waals surface area (Å²) in [5.41, 5.74) is -0.432. The molecule has 3 rings (SSSR count). The molecule has 0 aromatic rings. The fourth-order valence-corrected chi connectivity index (χ4v) is 4.30. The van der Waals surface area contributed by atoms with Crippen LogP contribution in [-0.2, 0) is 19.1 Å². The predicted molar refractivity (Wildman–Crippen MR) is 72.7 cm³/mol. The van der Waals surface area contributed by atoms with Crippen molar-refractivity contribution in [1.29, 1.82) is 0 Å². The van der Waals surface area contributed by atoms with Gasteiger partial charge in [-0.05, 0) is 38.5 Å². The van der Waals surface area contributed by atoms with Crippen LogP contribution in [0.4, 0.5) is 0 Å². The first-order valence-electron chi connectivity index (χ1n) is 7.74. The van der Waals surface area contributed by atoms with E-state index in [2.05, 4.69) is 6.92 Å². The Bertz CT molecular complexity index is 442. The Balaban J connectivity index is 1.66. The fraction of sp³-hybridized carbons (Fsp3) is 0.875. The number of fused-ring (bicyclic) bond motifs is 1. The summed E-state index contributed by atoms with van der Waals surface area (Å²) in [5.74, 6) is 1.34. The first kappa shape index (κ1) is 13.9. The Morgan fingerprint density at radius 2 is 2.10 bits per heavy atom. The molecule has 0 aromatic carbocycles. The number of hydrogen-bond acceptors (Lipinski definition) is 4. The van der Waals surface area contributed by atoms with Crippen LogP contribution in [-0.4, -0.2) is 24.6 Å². The van der Waals surface area contributed by atoms with Crippen LogP contribution in [0.1, 0.15) is 40.5 Å². The second kappa shape index (κ2) is 4.47. The van der Waals surface area contributed by atoms with Gasteiger partial charge in [0, 0.05) is 11.8 Å². The Hall–Kier alpha value is -1.06. The maximum absolute atomic E-state index is 12.1. The molecule has 4 heteroatoms. The van der Waals surface area contributed by atoms with E-state index in [4.69, 9.17) is 9.47 Å². The lowest BCUT2D eigenvalue weighted by Gasteiger charge is -2.30. The van der Waals surface area contributed by atoms with Crippen LogP contribution in [0.15, 0.2) is 0 Å². The van der Waals surface area contributed by atoms with Crippen LogP contribution >= 0.6 is 0 Å². The highest BCUT2D eigenvalue weighted by molar-refractivity contribution is 5.77. The summed E-state index contributed by atoms with van der Waals surface area (Å²) in [6, 6.07) is 0. The Morgan fingerprint density at radius 1 is 1.40 bits per heavy atom. The van der Waals surface area contributed by atoms with Crippen LogP contribution in [0.3, 0.4) is 0 Å². The molecule has 4 nitrogen and oxygen atoms in total.